The second-order valence-electron chi connectivity index (χ2n) is 7.23. The molecule has 11 heteroatoms. The van der Waals surface area contributed by atoms with Crippen LogP contribution in [0.15, 0.2) is 24.9 Å². The molecule has 1 saturated heterocycles. The molecule has 2 aromatic rings. The van der Waals surface area contributed by atoms with Gasteiger partial charge in [-0.3, -0.25) is 19.3 Å². The third-order valence-corrected chi connectivity index (χ3v) is 5.98. The summed E-state index contributed by atoms with van der Waals surface area (Å²) in [6, 6.07) is 0. The van der Waals surface area contributed by atoms with Crippen molar-refractivity contribution < 1.29 is 19.1 Å². The molecule has 168 valence electrons. The number of thiazole rings is 1. The van der Waals surface area contributed by atoms with Gasteiger partial charge in [-0.25, -0.2) is 9.97 Å². The lowest BCUT2D eigenvalue weighted by atomic mass is 10.3. The number of aryl methyl sites for hydroxylation is 1. The van der Waals surface area contributed by atoms with Gasteiger partial charge in [0.25, 0.3) is 5.91 Å². The summed E-state index contributed by atoms with van der Waals surface area (Å²) >= 11 is 1.11. The summed E-state index contributed by atoms with van der Waals surface area (Å²) in [5.41, 5.74) is 0. The lowest BCUT2D eigenvalue weighted by Gasteiger charge is -2.23. The summed E-state index contributed by atoms with van der Waals surface area (Å²) in [5, 5.41) is 3.21. The number of methoxy groups -OCH3 is 1. The van der Waals surface area contributed by atoms with Crippen molar-refractivity contribution in [2.75, 3.05) is 44.8 Å². The van der Waals surface area contributed by atoms with Crippen LogP contribution >= 0.6 is 11.3 Å². The van der Waals surface area contributed by atoms with Gasteiger partial charge >= 0.3 is 0 Å². The van der Waals surface area contributed by atoms with Gasteiger partial charge < -0.3 is 19.5 Å². The molecule has 0 aliphatic carbocycles. The molecular weight excluding hydrogens is 420 g/mol. The molecule has 0 saturated carbocycles. The quantitative estimate of drug-likeness (QED) is 0.517. The van der Waals surface area contributed by atoms with Crippen molar-refractivity contribution in [3.05, 3.63) is 29.8 Å². The Morgan fingerprint density at radius 2 is 2.10 bits per heavy atom. The molecule has 0 atom stereocenters. The number of ether oxygens (including phenoxy) is 1. The van der Waals surface area contributed by atoms with Crippen molar-refractivity contribution in [2.45, 2.75) is 32.2 Å². The summed E-state index contributed by atoms with van der Waals surface area (Å²) in [6.07, 6.45) is 9.62. The topological polar surface area (TPSA) is 110 Å². The van der Waals surface area contributed by atoms with Gasteiger partial charge in [-0.1, -0.05) is 11.3 Å². The van der Waals surface area contributed by atoms with E-state index in [1.54, 1.807) is 17.4 Å². The van der Waals surface area contributed by atoms with E-state index in [1.807, 2.05) is 10.8 Å². The number of aromatic nitrogens is 3. The van der Waals surface area contributed by atoms with E-state index in [2.05, 4.69) is 15.3 Å². The van der Waals surface area contributed by atoms with E-state index in [1.165, 1.54) is 18.2 Å². The van der Waals surface area contributed by atoms with Crippen molar-refractivity contribution in [3.8, 4) is 0 Å². The Morgan fingerprint density at radius 1 is 1.29 bits per heavy atom. The van der Waals surface area contributed by atoms with Crippen LogP contribution in [-0.2, 0) is 20.9 Å². The Hall–Kier alpha value is -2.79. The van der Waals surface area contributed by atoms with Gasteiger partial charge in [0, 0.05) is 45.7 Å². The Bertz CT molecular complexity index is 863. The van der Waals surface area contributed by atoms with E-state index in [0.29, 0.717) is 29.6 Å². The molecule has 1 fully saturated rings. The van der Waals surface area contributed by atoms with Crippen LogP contribution in [0.3, 0.4) is 0 Å². The zero-order chi connectivity index (χ0) is 22.1. The summed E-state index contributed by atoms with van der Waals surface area (Å²) in [7, 11) is 1.52. The van der Waals surface area contributed by atoms with E-state index in [-0.39, 0.29) is 37.3 Å². The van der Waals surface area contributed by atoms with Crippen molar-refractivity contribution in [3.63, 3.8) is 0 Å². The molecule has 1 aliphatic rings. The predicted octanol–water partition coefficient (Wildman–Crippen LogP) is 1.15. The first-order valence-electron chi connectivity index (χ1n) is 10.4. The van der Waals surface area contributed by atoms with E-state index in [9.17, 15) is 14.4 Å². The largest absolute Gasteiger partial charge is 0.384 e. The monoisotopic (exact) mass is 448 g/mol. The highest BCUT2D eigenvalue weighted by atomic mass is 32.1. The van der Waals surface area contributed by atoms with Gasteiger partial charge in [0.1, 0.15) is 11.4 Å². The average molecular weight is 449 g/mol. The molecule has 0 radical (unpaired) electrons. The minimum Gasteiger partial charge on any atom is -0.384 e. The summed E-state index contributed by atoms with van der Waals surface area (Å²) in [4.78, 5) is 49.5. The number of nitrogens with zero attached hydrogens (tertiary/aromatic N) is 5. The Balaban J connectivity index is 1.59. The Morgan fingerprint density at radius 3 is 2.81 bits per heavy atom. The molecule has 0 aromatic carbocycles. The molecule has 31 heavy (non-hydrogen) atoms. The van der Waals surface area contributed by atoms with Crippen molar-refractivity contribution in [2.24, 2.45) is 0 Å². The second kappa shape index (κ2) is 11.6. The van der Waals surface area contributed by atoms with Crippen molar-refractivity contribution in [1.82, 2.24) is 24.8 Å². The molecule has 0 unspecified atom stereocenters. The van der Waals surface area contributed by atoms with Crippen LogP contribution in [0.25, 0.3) is 0 Å². The zero-order valence-electron chi connectivity index (χ0n) is 17.7. The maximum Gasteiger partial charge on any atom is 0.263 e. The molecule has 3 amide bonds. The van der Waals surface area contributed by atoms with Gasteiger partial charge in [-0.15, -0.1) is 0 Å². The number of imidazole rings is 1. The molecule has 10 nitrogen and oxygen atoms in total. The fraction of sp³-hybridized carbons (Fsp3) is 0.550. The predicted molar refractivity (Wildman–Crippen MR) is 116 cm³/mol. The smallest absolute Gasteiger partial charge is 0.263 e. The minimum absolute atomic E-state index is 0.0813. The number of nitrogens with one attached hydrogen (secondary N) is 1. The van der Waals surface area contributed by atoms with E-state index < -0.39 is 0 Å². The van der Waals surface area contributed by atoms with Crippen molar-refractivity contribution in [1.29, 1.82) is 0 Å². The number of carbonyl (C=O) groups is 3. The van der Waals surface area contributed by atoms with Gasteiger partial charge in [0.05, 0.1) is 25.6 Å². The highest BCUT2D eigenvalue weighted by Crippen LogP contribution is 2.24. The molecule has 0 spiro atoms. The van der Waals surface area contributed by atoms with Crippen LogP contribution in [-0.4, -0.2) is 77.1 Å². The number of rotatable bonds is 11. The van der Waals surface area contributed by atoms with Crippen LogP contribution in [0.1, 0.15) is 35.4 Å². The van der Waals surface area contributed by atoms with Gasteiger partial charge in [0.15, 0.2) is 5.13 Å². The molecule has 1 N–H and O–H groups in total. The Labute approximate surface area is 185 Å². The average Bonchev–Trinajstić information content (AvgIpc) is 3.55. The van der Waals surface area contributed by atoms with Crippen LogP contribution in [0, 0.1) is 0 Å². The van der Waals surface area contributed by atoms with Crippen LogP contribution in [0.4, 0.5) is 5.13 Å². The highest BCUT2D eigenvalue weighted by Gasteiger charge is 2.26. The summed E-state index contributed by atoms with van der Waals surface area (Å²) < 4.78 is 6.94. The number of hydrogen-bond acceptors (Lipinski definition) is 7. The standard InChI is InChI=1S/C20H28N6O4S/c1-30-12-5-17(27)26(14-18(28)25-9-2-3-10-25)20-23-13-16(31-20)19(29)22-6-4-8-24-11-7-21-15-24/h7,11,13,15H,2-6,8-10,12,14H2,1H3,(H,22,29). The van der Waals surface area contributed by atoms with Gasteiger partial charge in [0.2, 0.25) is 11.8 Å². The van der Waals surface area contributed by atoms with E-state index >= 15 is 0 Å². The van der Waals surface area contributed by atoms with Crippen LogP contribution < -0.4 is 10.2 Å². The third-order valence-electron chi connectivity index (χ3n) is 4.96. The number of likely N-dealkylation sites (tertiary alicyclic amines) is 1. The fourth-order valence-electron chi connectivity index (χ4n) is 3.25. The minimum atomic E-state index is -0.254. The molecule has 1 aliphatic heterocycles. The van der Waals surface area contributed by atoms with Crippen LogP contribution in [0.5, 0.6) is 0 Å². The summed E-state index contributed by atoms with van der Waals surface area (Å²) in [5.74, 6) is -0.607. The number of anilines is 1. The van der Waals surface area contributed by atoms with E-state index in [4.69, 9.17) is 4.74 Å². The highest BCUT2D eigenvalue weighted by molar-refractivity contribution is 7.17. The normalized spacial score (nSPS) is 13.4. The first-order valence-corrected chi connectivity index (χ1v) is 11.2. The first-order chi connectivity index (χ1) is 15.1. The first kappa shape index (κ1) is 22.9. The lowest BCUT2D eigenvalue weighted by Crippen LogP contribution is -2.42. The molecule has 2 aromatic heterocycles. The second-order valence-corrected chi connectivity index (χ2v) is 8.24. The maximum absolute atomic E-state index is 12.7. The zero-order valence-corrected chi connectivity index (χ0v) is 18.5. The van der Waals surface area contributed by atoms with Gasteiger partial charge in [-0.05, 0) is 19.3 Å². The number of hydrogen-bond donors (Lipinski definition) is 1. The van der Waals surface area contributed by atoms with Crippen molar-refractivity contribution >= 4 is 34.2 Å². The Kier molecular flexibility index (Phi) is 8.53. The SMILES string of the molecule is COCCC(=O)N(CC(=O)N1CCCC1)c1ncc(C(=O)NCCCn2ccnc2)s1. The molecule has 0 bridgehead atoms. The third kappa shape index (κ3) is 6.59. The van der Waals surface area contributed by atoms with Crippen LogP contribution in [0.2, 0.25) is 0 Å². The molecule has 3 heterocycles. The summed E-state index contributed by atoms with van der Waals surface area (Å²) in [6.45, 7) is 2.86. The number of carbonyl (C=O) groups excluding carboxylic acids is 3. The maximum atomic E-state index is 12.7. The number of amides is 3. The molecule has 3 rings (SSSR count). The molecular formula is C20H28N6O4S. The van der Waals surface area contributed by atoms with Gasteiger partial charge in [-0.2, -0.15) is 0 Å². The fourth-order valence-corrected chi connectivity index (χ4v) is 4.10. The lowest BCUT2D eigenvalue weighted by molar-refractivity contribution is -0.130. The van der Waals surface area contributed by atoms with E-state index in [0.717, 1.165) is 37.1 Å².